The third kappa shape index (κ3) is 9.85. The van der Waals surface area contributed by atoms with Gasteiger partial charge >= 0.3 is 5.97 Å². The molecule has 29 heavy (non-hydrogen) atoms. The summed E-state index contributed by atoms with van der Waals surface area (Å²) in [6.45, 7) is 5.11. The molecule has 1 aliphatic rings. The monoisotopic (exact) mass is 408 g/mol. The lowest BCUT2D eigenvalue weighted by Crippen LogP contribution is -2.38. The fraction of sp³-hybridized carbons (Fsp3) is 0.619. The second-order valence-corrected chi connectivity index (χ2v) is 6.81. The minimum Gasteiger partial charge on any atom is -0.460 e. The fourth-order valence-corrected chi connectivity index (χ4v) is 2.96. The third-order valence-corrected chi connectivity index (χ3v) is 4.57. The highest BCUT2D eigenvalue weighted by molar-refractivity contribution is 5.77. The van der Waals surface area contributed by atoms with Gasteiger partial charge in [-0.15, -0.1) is 0 Å². The van der Waals surface area contributed by atoms with Gasteiger partial charge in [0, 0.05) is 33.3 Å². The Morgan fingerprint density at radius 3 is 2.48 bits per heavy atom. The highest BCUT2D eigenvalue weighted by Gasteiger charge is 2.21. The van der Waals surface area contributed by atoms with E-state index < -0.39 is 0 Å². The van der Waals surface area contributed by atoms with Crippen molar-refractivity contribution in [2.75, 3.05) is 72.9 Å². The van der Waals surface area contributed by atoms with Crippen molar-refractivity contribution in [3.8, 4) is 0 Å². The number of hydrogen-bond donors (Lipinski definition) is 0. The molecule has 0 unspecified atom stereocenters. The number of esters is 1. The average molecular weight is 408 g/mol. The number of methoxy groups -OCH3 is 1. The molecule has 0 N–H and O–H groups in total. The molecule has 8 heteroatoms. The molecule has 0 spiro atoms. The summed E-state index contributed by atoms with van der Waals surface area (Å²) in [6.07, 6.45) is 0.817. The summed E-state index contributed by atoms with van der Waals surface area (Å²) in [5.41, 5.74) is 0.970. The smallest absolute Gasteiger partial charge is 0.320 e. The summed E-state index contributed by atoms with van der Waals surface area (Å²) in [4.78, 5) is 28.2. The van der Waals surface area contributed by atoms with E-state index in [9.17, 15) is 9.59 Å². The lowest BCUT2D eigenvalue weighted by Gasteiger charge is -2.21. The molecule has 2 rings (SSSR count). The molecular weight excluding hydrogens is 376 g/mol. The summed E-state index contributed by atoms with van der Waals surface area (Å²) >= 11 is 0. The summed E-state index contributed by atoms with van der Waals surface area (Å²) in [5.74, 6) is -0.277. The SMILES string of the molecule is COCCOCCOCC(=O)N1CCCN(CC(=O)OCc2ccccc2)CC1. The highest BCUT2D eigenvalue weighted by atomic mass is 16.5. The van der Waals surface area contributed by atoms with E-state index in [0.29, 0.717) is 46.1 Å². The number of amides is 1. The molecule has 8 nitrogen and oxygen atoms in total. The summed E-state index contributed by atoms with van der Waals surface area (Å²) in [6, 6.07) is 9.62. The van der Waals surface area contributed by atoms with Gasteiger partial charge in [0.25, 0.3) is 0 Å². The Labute approximate surface area is 172 Å². The van der Waals surface area contributed by atoms with Gasteiger partial charge in [0.1, 0.15) is 13.2 Å². The molecule has 1 saturated heterocycles. The van der Waals surface area contributed by atoms with Gasteiger partial charge in [0.2, 0.25) is 5.91 Å². The maximum atomic E-state index is 12.3. The second kappa shape index (κ2) is 14.1. The summed E-state index contributed by atoms with van der Waals surface area (Å²) < 4.78 is 20.9. The van der Waals surface area contributed by atoms with Crippen molar-refractivity contribution in [1.29, 1.82) is 0 Å². The van der Waals surface area contributed by atoms with Crippen LogP contribution in [0.3, 0.4) is 0 Å². The van der Waals surface area contributed by atoms with Crippen molar-refractivity contribution in [2.24, 2.45) is 0 Å². The first-order valence-electron chi connectivity index (χ1n) is 10.0. The lowest BCUT2D eigenvalue weighted by molar-refractivity contribution is -0.146. The first kappa shape index (κ1) is 23.3. The molecule has 0 aromatic heterocycles. The number of rotatable bonds is 12. The fourth-order valence-electron chi connectivity index (χ4n) is 2.96. The molecule has 1 aromatic carbocycles. The van der Waals surface area contributed by atoms with Gasteiger partial charge in [-0.25, -0.2) is 0 Å². The van der Waals surface area contributed by atoms with Crippen molar-refractivity contribution in [2.45, 2.75) is 13.0 Å². The van der Waals surface area contributed by atoms with Gasteiger partial charge in [0.15, 0.2) is 0 Å². The summed E-state index contributed by atoms with van der Waals surface area (Å²) in [5, 5.41) is 0. The molecule has 1 heterocycles. The molecule has 1 aromatic rings. The van der Waals surface area contributed by atoms with Crippen LogP contribution in [0, 0.1) is 0 Å². The van der Waals surface area contributed by atoms with Crippen LogP contribution in [-0.2, 0) is 35.1 Å². The molecule has 0 saturated carbocycles. The van der Waals surface area contributed by atoms with E-state index in [1.807, 2.05) is 35.2 Å². The summed E-state index contributed by atoms with van der Waals surface area (Å²) in [7, 11) is 1.62. The average Bonchev–Trinajstić information content (AvgIpc) is 2.98. The highest BCUT2D eigenvalue weighted by Crippen LogP contribution is 2.06. The van der Waals surface area contributed by atoms with E-state index in [1.54, 1.807) is 12.0 Å². The zero-order chi connectivity index (χ0) is 20.7. The van der Waals surface area contributed by atoms with E-state index in [4.69, 9.17) is 18.9 Å². The minimum absolute atomic E-state index is 0.0320. The minimum atomic E-state index is -0.245. The van der Waals surface area contributed by atoms with Crippen LogP contribution in [0.1, 0.15) is 12.0 Å². The Balaban J connectivity index is 1.59. The van der Waals surface area contributed by atoms with E-state index >= 15 is 0 Å². The predicted molar refractivity (Wildman–Crippen MR) is 107 cm³/mol. The first-order chi connectivity index (χ1) is 14.2. The normalized spacial score (nSPS) is 15.1. The van der Waals surface area contributed by atoms with E-state index in [1.165, 1.54) is 0 Å². The number of nitrogens with zero attached hydrogens (tertiary/aromatic N) is 2. The van der Waals surface area contributed by atoms with Crippen molar-refractivity contribution in [1.82, 2.24) is 9.80 Å². The Bertz CT molecular complexity index is 598. The zero-order valence-electron chi connectivity index (χ0n) is 17.2. The first-order valence-corrected chi connectivity index (χ1v) is 10.0. The van der Waals surface area contributed by atoms with E-state index in [2.05, 4.69) is 0 Å². The maximum Gasteiger partial charge on any atom is 0.320 e. The van der Waals surface area contributed by atoms with Gasteiger partial charge in [-0.1, -0.05) is 30.3 Å². The van der Waals surface area contributed by atoms with Crippen molar-refractivity contribution >= 4 is 11.9 Å². The lowest BCUT2D eigenvalue weighted by atomic mass is 10.2. The van der Waals surface area contributed by atoms with Crippen LogP contribution < -0.4 is 0 Å². The van der Waals surface area contributed by atoms with E-state index in [-0.39, 0.29) is 31.6 Å². The largest absolute Gasteiger partial charge is 0.460 e. The van der Waals surface area contributed by atoms with Gasteiger partial charge in [-0.3, -0.25) is 14.5 Å². The van der Waals surface area contributed by atoms with Crippen LogP contribution in [-0.4, -0.2) is 94.5 Å². The second-order valence-electron chi connectivity index (χ2n) is 6.81. The molecule has 0 radical (unpaired) electrons. The number of benzene rings is 1. The number of carbonyl (C=O) groups is 2. The van der Waals surface area contributed by atoms with Gasteiger partial charge in [-0.2, -0.15) is 0 Å². The quantitative estimate of drug-likeness (QED) is 0.376. The Hall–Kier alpha value is -2.00. The van der Waals surface area contributed by atoms with Crippen LogP contribution in [0.2, 0.25) is 0 Å². The standard InChI is InChI=1S/C21H32N2O6/c1-26-12-13-27-14-15-28-18-20(24)23-9-5-8-22(10-11-23)16-21(25)29-17-19-6-3-2-4-7-19/h2-4,6-7H,5,8-18H2,1H3. The third-order valence-electron chi connectivity index (χ3n) is 4.57. The molecule has 1 aliphatic heterocycles. The topological polar surface area (TPSA) is 77.5 Å². The maximum absolute atomic E-state index is 12.3. The van der Waals surface area contributed by atoms with Crippen LogP contribution in [0.4, 0.5) is 0 Å². The van der Waals surface area contributed by atoms with Crippen molar-refractivity contribution < 1.29 is 28.5 Å². The van der Waals surface area contributed by atoms with Gasteiger partial charge in [-0.05, 0) is 12.0 Å². The molecule has 0 atom stereocenters. The zero-order valence-corrected chi connectivity index (χ0v) is 17.2. The Morgan fingerprint density at radius 2 is 1.69 bits per heavy atom. The molecule has 0 bridgehead atoms. The van der Waals surface area contributed by atoms with Crippen LogP contribution in [0.15, 0.2) is 30.3 Å². The molecule has 1 amide bonds. The van der Waals surface area contributed by atoms with Crippen LogP contribution in [0.25, 0.3) is 0 Å². The van der Waals surface area contributed by atoms with Gasteiger partial charge < -0.3 is 23.8 Å². The number of hydrogen-bond acceptors (Lipinski definition) is 7. The van der Waals surface area contributed by atoms with Crippen LogP contribution >= 0.6 is 0 Å². The molecular formula is C21H32N2O6. The molecule has 0 aliphatic carbocycles. The number of ether oxygens (including phenoxy) is 4. The van der Waals surface area contributed by atoms with Gasteiger partial charge in [0.05, 0.1) is 33.0 Å². The van der Waals surface area contributed by atoms with E-state index in [0.717, 1.165) is 18.5 Å². The molecule has 162 valence electrons. The predicted octanol–water partition coefficient (Wildman–Crippen LogP) is 0.944. The van der Waals surface area contributed by atoms with Crippen molar-refractivity contribution in [3.05, 3.63) is 35.9 Å². The van der Waals surface area contributed by atoms with Crippen molar-refractivity contribution in [3.63, 3.8) is 0 Å². The van der Waals surface area contributed by atoms with Crippen LogP contribution in [0.5, 0.6) is 0 Å². The number of carbonyl (C=O) groups excluding carboxylic acids is 2. The Morgan fingerprint density at radius 1 is 0.931 bits per heavy atom. The Kier molecular flexibility index (Phi) is 11.3. The molecule has 1 fully saturated rings.